The maximum absolute atomic E-state index is 12.2. The quantitative estimate of drug-likeness (QED) is 0.378. The van der Waals surface area contributed by atoms with Crippen molar-refractivity contribution in [2.24, 2.45) is 16.8 Å². The lowest BCUT2D eigenvalue weighted by atomic mass is 10.0. The van der Waals surface area contributed by atoms with Crippen molar-refractivity contribution in [2.45, 2.75) is 38.6 Å². The minimum absolute atomic E-state index is 0.0804. The van der Waals surface area contributed by atoms with Crippen molar-refractivity contribution < 1.29 is 10.0 Å². The van der Waals surface area contributed by atoms with Crippen LogP contribution in [0.25, 0.3) is 0 Å². The zero-order valence-corrected chi connectivity index (χ0v) is 12.5. The first kappa shape index (κ1) is 15.4. The van der Waals surface area contributed by atoms with E-state index in [1.165, 1.54) is 25.7 Å². The van der Waals surface area contributed by atoms with Gasteiger partial charge in [0.15, 0.2) is 5.84 Å². The SMILES string of the molecule is CN(Cc1cccc(C(N)=NO)c1)C(=O)CC1CCCC1. The molecular formula is C16H23N3O2. The van der Waals surface area contributed by atoms with Gasteiger partial charge in [-0.15, -0.1) is 0 Å². The maximum atomic E-state index is 12.2. The summed E-state index contributed by atoms with van der Waals surface area (Å²) in [7, 11) is 1.83. The number of nitrogens with two attached hydrogens (primary N) is 1. The van der Waals surface area contributed by atoms with Crippen LogP contribution in [0.1, 0.15) is 43.2 Å². The third-order valence-electron chi connectivity index (χ3n) is 4.11. The van der Waals surface area contributed by atoms with Crippen molar-refractivity contribution in [3.63, 3.8) is 0 Å². The molecule has 0 radical (unpaired) electrons. The lowest BCUT2D eigenvalue weighted by Gasteiger charge is -2.19. The average Bonchev–Trinajstić information content (AvgIpc) is 2.99. The van der Waals surface area contributed by atoms with Crippen LogP contribution in [0.15, 0.2) is 29.4 Å². The Kier molecular flexibility index (Phi) is 5.20. The van der Waals surface area contributed by atoms with Crippen LogP contribution in [0.4, 0.5) is 0 Å². The van der Waals surface area contributed by atoms with Crippen LogP contribution in [0.3, 0.4) is 0 Å². The van der Waals surface area contributed by atoms with Crippen molar-refractivity contribution in [3.05, 3.63) is 35.4 Å². The summed E-state index contributed by atoms with van der Waals surface area (Å²) >= 11 is 0. The fraction of sp³-hybridized carbons (Fsp3) is 0.500. The molecule has 5 nitrogen and oxygen atoms in total. The number of hydrogen-bond acceptors (Lipinski definition) is 3. The van der Waals surface area contributed by atoms with Gasteiger partial charge < -0.3 is 15.8 Å². The minimum Gasteiger partial charge on any atom is -0.409 e. The summed E-state index contributed by atoms with van der Waals surface area (Å²) in [5.74, 6) is 0.830. The molecular weight excluding hydrogens is 266 g/mol. The van der Waals surface area contributed by atoms with Gasteiger partial charge in [0.25, 0.3) is 0 Å². The van der Waals surface area contributed by atoms with Crippen LogP contribution < -0.4 is 5.73 Å². The average molecular weight is 289 g/mol. The molecule has 3 N–H and O–H groups in total. The standard InChI is InChI=1S/C16H23N3O2/c1-19(15(20)10-12-5-2-3-6-12)11-13-7-4-8-14(9-13)16(17)18-21/h4,7-9,12,21H,2-3,5-6,10-11H2,1H3,(H2,17,18). The molecule has 21 heavy (non-hydrogen) atoms. The number of amides is 1. The first-order valence-corrected chi connectivity index (χ1v) is 7.41. The highest BCUT2D eigenvalue weighted by molar-refractivity contribution is 5.97. The number of carbonyl (C=O) groups excluding carboxylic acids is 1. The number of nitrogens with zero attached hydrogens (tertiary/aromatic N) is 2. The van der Waals surface area contributed by atoms with Gasteiger partial charge in [0.05, 0.1) is 0 Å². The zero-order valence-electron chi connectivity index (χ0n) is 12.5. The lowest BCUT2D eigenvalue weighted by molar-refractivity contribution is -0.131. The fourth-order valence-corrected chi connectivity index (χ4v) is 2.87. The Morgan fingerprint density at radius 2 is 2.14 bits per heavy atom. The van der Waals surface area contributed by atoms with E-state index in [9.17, 15) is 4.79 Å². The van der Waals surface area contributed by atoms with E-state index in [2.05, 4.69) is 5.16 Å². The highest BCUT2D eigenvalue weighted by atomic mass is 16.4. The first-order valence-electron chi connectivity index (χ1n) is 7.41. The Morgan fingerprint density at radius 3 is 2.81 bits per heavy atom. The summed E-state index contributed by atoms with van der Waals surface area (Å²) in [4.78, 5) is 14.0. The number of carbonyl (C=O) groups is 1. The van der Waals surface area contributed by atoms with Gasteiger partial charge >= 0.3 is 0 Å². The van der Waals surface area contributed by atoms with E-state index in [4.69, 9.17) is 10.9 Å². The molecule has 1 amide bonds. The number of benzene rings is 1. The molecule has 0 spiro atoms. The molecule has 2 rings (SSSR count). The number of rotatable bonds is 5. The molecule has 5 heteroatoms. The van der Waals surface area contributed by atoms with Crippen molar-refractivity contribution in [1.82, 2.24) is 4.90 Å². The molecule has 0 aliphatic heterocycles. The van der Waals surface area contributed by atoms with Crippen molar-refractivity contribution in [2.75, 3.05) is 7.05 Å². The molecule has 1 aliphatic carbocycles. The van der Waals surface area contributed by atoms with E-state index in [-0.39, 0.29) is 11.7 Å². The van der Waals surface area contributed by atoms with E-state index in [1.54, 1.807) is 11.0 Å². The summed E-state index contributed by atoms with van der Waals surface area (Å²) in [6.07, 6.45) is 5.51. The summed E-state index contributed by atoms with van der Waals surface area (Å²) < 4.78 is 0. The van der Waals surface area contributed by atoms with E-state index >= 15 is 0 Å². The minimum atomic E-state index is 0.0804. The Hall–Kier alpha value is -2.04. The Bertz CT molecular complexity index is 522. The van der Waals surface area contributed by atoms with Crippen LogP contribution in [0, 0.1) is 5.92 Å². The summed E-state index contributed by atoms with van der Waals surface area (Å²) in [6, 6.07) is 7.40. The lowest BCUT2D eigenvalue weighted by Crippen LogP contribution is -2.27. The topological polar surface area (TPSA) is 78.9 Å². The normalized spacial score (nSPS) is 16.1. The fourth-order valence-electron chi connectivity index (χ4n) is 2.87. The largest absolute Gasteiger partial charge is 0.409 e. The molecule has 1 fully saturated rings. The van der Waals surface area contributed by atoms with Crippen molar-refractivity contribution in [3.8, 4) is 0 Å². The molecule has 1 aromatic rings. The highest BCUT2D eigenvalue weighted by Gasteiger charge is 2.20. The highest BCUT2D eigenvalue weighted by Crippen LogP contribution is 2.28. The Balaban J connectivity index is 1.95. The first-order chi connectivity index (χ1) is 10.1. The molecule has 1 aliphatic rings. The van der Waals surface area contributed by atoms with Gasteiger partial charge in [0, 0.05) is 25.6 Å². The zero-order chi connectivity index (χ0) is 15.2. The molecule has 0 aromatic heterocycles. The predicted molar refractivity (Wildman–Crippen MR) is 82.0 cm³/mol. The van der Waals surface area contributed by atoms with Crippen LogP contribution >= 0.6 is 0 Å². The second-order valence-corrected chi connectivity index (χ2v) is 5.79. The summed E-state index contributed by atoms with van der Waals surface area (Å²) in [6.45, 7) is 0.540. The summed E-state index contributed by atoms with van der Waals surface area (Å²) in [5.41, 5.74) is 7.21. The van der Waals surface area contributed by atoms with Crippen LogP contribution in [-0.4, -0.2) is 28.9 Å². The second-order valence-electron chi connectivity index (χ2n) is 5.79. The van der Waals surface area contributed by atoms with Crippen LogP contribution in [0.5, 0.6) is 0 Å². The summed E-state index contributed by atoms with van der Waals surface area (Å²) in [5, 5.41) is 11.7. The molecule has 0 saturated heterocycles. The molecule has 0 unspecified atom stereocenters. The number of oxime groups is 1. The van der Waals surface area contributed by atoms with E-state index in [0.717, 1.165) is 5.56 Å². The van der Waals surface area contributed by atoms with Gasteiger partial charge in [0.1, 0.15) is 0 Å². The monoisotopic (exact) mass is 289 g/mol. The maximum Gasteiger partial charge on any atom is 0.222 e. The van der Waals surface area contributed by atoms with E-state index in [0.29, 0.717) is 24.4 Å². The second kappa shape index (κ2) is 7.11. The molecule has 1 saturated carbocycles. The van der Waals surface area contributed by atoms with Gasteiger partial charge in [-0.25, -0.2) is 0 Å². The third kappa shape index (κ3) is 4.21. The molecule has 0 bridgehead atoms. The number of hydrogen-bond donors (Lipinski definition) is 2. The predicted octanol–water partition coefficient (Wildman–Crippen LogP) is 2.32. The molecule has 114 valence electrons. The Morgan fingerprint density at radius 1 is 1.43 bits per heavy atom. The van der Waals surface area contributed by atoms with E-state index in [1.807, 2.05) is 25.2 Å². The molecule has 0 heterocycles. The number of amidine groups is 1. The van der Waals surface area contributed by atoms with Gasteiger partial charge in [-0.1, -0.05) is 36.2 Å². The third-order valence-corrected chi connectivity index (χ3v) is 4.11. The van der Waals surface area contributed by atoms with Crippen molar-refractivity contribution in [1.29, 1.82) is 0 Å². The smallest absolute Gasteiger partial charge is 0.222 e. The Labute approximate surface area is 125 Å². The van der Waals surface area contributed by atoms with Crippen molar-refractivity contribution >= 4 is 11.7 Å². The van der Waals surface area contributed by atoms with Gasteiger partial charge in [-0.05, 0) is 30.4 Å². The van der Waals surface area contributed by atoms with Crippen LogP contribution in [-0.2, 0) is 11.3 Å². The molecule has 1 aromatic carbocycles. The van der Waals surface area contributed by atoms with Gasteiger partial charge in [-0.3, -0.25) is 4.79 Å². The van der Waals surface area contributed by atoms with Gasteiger partial charge in [0.2, 0.25) is 5.91 Å². The van der Waals surface area contributed by atoms with Gasteiger partial charge in [-0.2, -0.15) is 0 Å². The van der Waals surface area contributed by atoms with Crippen LogP contribution in [0.2, 0.25) is 0 Å². The molecule has 0 atom stereocenters. The van der Waals surface area contributed by atoms with E-state index < -0.39 is 0 Å².